The first-order chi connectivity index (χ1) is 10.3. The summed E-state index contributed by atoms with van der Waals surface area (Å²) in [5.41, 5.74) is 0.249. The summed E-state index contributed by atoms with van der Waals surface area (Å²) in [6, 6.07) is 10.1. The minimum atomic E-state index is -0.913. The summed E-state index contributed by atoms with van der Waals surface area (Å²) in [4.78, 5) is 0. The van der Waals surface area contributed by atoms with Crippen molar-refractivity contribution in [1.82, 2.24) is 0 Å². The van der Waals surface area contributed by atoms with Gasteiger partial charge in [-0.3, -0.25) is 0 Å². The van der Waals surface area contributed by atoms with Gasteiger partial charge in [-0.05, 0) is 38.7 Å². The molecule has 0 aliphatic carbocycles. The lowest BCUT2D eigenvalue weighted by atomic mass is 9.89. The van der Waals surface area contributed by atoms with E-state index in [1.807, 2.05) is 51.1 Å². The fraction of sp³-hybridized carbons (Fsp3) is 0.667. The first-order valence-corrected chi connectivity index (χ1v) is 7.94. The van der Waals surface area contributed by atoms with E-state index in [4.69, 9.17) is 14.2 Å². The Hall–Kier alpha value is -0.940. The molecule has 1 fully saturated rings. The van der Waals surface area contributed by atoms with Crippen LogP contribution < -0.4 is 0 Å². The van der Waals surface area contributed by atoms with E-state index in [0.717, 1.165) is 5.56 Å². The maximum absolute atomic E-state index is 10.7. The second kappa shape index (κ2) is 7.09. The van der Waals surface area contributed by atoms with Crippen LogP contribution in [0.4, 0.5) is 0 Å². The van der Waals surface area contributed by atoms with Crippen molar-refractivity contribution in [1.29, 1.82) is 0 Å². The average molecular weight is 308 g/mol. The lowest BCUT2D eigenvalue weighted by Crippen LogP contribution is -2.43. The maximum Gasteiger partial charge on any atom is 0.163 e. The van der Waals surface area contributed by atoms with E-state index in [1.54, 1.807) is 0 Å². The van der Waals surface area contributed by atoms with Crippen LogP contribution in [0.3, 0.4) is 0 Å². The molecule has 0 bridgehead atoms. The molecule has 0 saturated carbocycles. The molecule has 2 rings (SSSR count). The van der Waals surface area contributed by atoms with Crippen molar-refractivity contribution in [3.8, 4) is 0 Å². The van der Waals surface area contributed by atoms with Gasteiger partial charge in [0.05, 0.1) is 18.8 Å². The lowest BCUT2D eigenvalue weighted by Gasteiger charge is -2.32. The van der Waals surface area contributed by atoms with E-state index in [2.05, 4.69) is 6.92 Å². The summed E-state index contributed by atoms with van der Waals surface area (Å²) in [5, 5.41) is 10.7. The van der Waals surface area contributed by atoms with Crippen LogP contribution in [0.25, 0.3) is 0 Å². The van der Waals surface area contributed by atoms with Crippen LogP contribution in [-0.2, 0) is 20.8 Å². The van der Waals surface area contributed by atoms with Crippen LogP contribution in [0.15, 0.2) is 30.3 Å². The first-order valence-electron chi connectivity index (χ1n) is 7.94. The van der Waals surface area contributed by atoms with Gasteiger partial charge in [0, 0.05) is 6.61 Å². The number of benzene rings is 1. The fourth-order valence-electron chi connectivity index (χ4n) is 2.84. The SMILES string of the molecule is C[C@@H](COCc1ccccc1)C[C@](C)(O)[C@H]1COC(C)(C)O1. The second-order valence-electron chi connectivity index (χ2n) is 6.98. The van der Waals surface area contributed by atoms with Crippen molar-refractivity contribution in [2.24, 2.45) is 5.92 Å². The zero-order valence-corrected chi connectivity index (χ0v) is 14.0. The Labute approximate surface area is 133 Å². The number of rotatable bonds is 7. The van der Waals surface area contributed by atoms with Gasteiger partial charge in [0.2, 0.25) is 0 Å². The summed E-state index contributed by atoms with van der Waals surface area (Å²) in [6.07, 6.45) is 0.324. The molecule has 4 heteroatoms. The maximum atomic E-state index is 10.7. The standard InChI is InChI=1S/C18H28O4/c1-14(11-20-12-15-8-6-5-7-9-15)10-18(4,19)16-13-21-17(2,3)22-16/h5-9,14,16,19H,10-13H2,1-4H3/t14-,16-,18+/m1/s1. The summed E-state index contributed by atoms with van der Waals surface area (Å²) >= 11 is 0. The first kappa shape index (κ1) is 17.4. The summed E-state index contributed by atoms with van der Waals surface area (Å²) in [7, 11) is 0. The molecule has 0 amide bonds. The van der Waals surface area contributed by atoms with Gasteiger partial charge >= 0.3 is 0 Å². The molecular weight excluding hydrogens is 280 g/mol. The van der Waals surface area contributed by atoms with Crippen LogP contribution in [0, 0.1) is 5.92 Å². The molecule has 1 aromatic carbocycles. The zero-order chi connectivity index (χ0) is 16.2. The van der Waals surface area contributed by atoms with Crippen LogP contribution in [0.2, 0.25) is 0 Å². The van der Waals surface area contributed by atoms with Crippen LogP contribution >= 0.6 is 0 Å². The van der Waals surface area contributed by atoms with Gasteiger partial charge in [-0.1, -0.05) is 37.3 Å². The minimum Gasteiger partial charge on any atom is -0.387 e. The molecule has 0 aromatic heterocycles. The van der Waals surface area contributed by atoms with Gasteiger partial charge in [-0.15, -0.1) is 0 Å². The number of aliphatic hydroxyl groups is 1. The molecule has 1 saturated heterocycles. The van der Waals surface area contributed by atoms with Crippen molar-refractivity contribution in [3.05, 3.63) is 35.9 Å². The molecule has 1 aliphatic heterocycles. The van der Waals surface area contributed by atoms with Crippen molar-refractivity contribution in [3.63, 3.8) is 0 Å². The van der Waals surface area contributed by atoms with Gasteiger partial charge in [-0.2, -0.15) is 0 Å². The van der Waals surface area contributed by atoms with E-state index in [0.29, 0.717) is 26.2 Å². The summed E-state index contributed by atoms with van der Waals surface area (Å²) < 4.78 is 17.1. The molecule has 0 unspecified atom stereocenters. The summed E-state index contributed by atoms with van der Waals surface area (Å²) in [5.74, 6) is -0.368. The van der Waals surface area contributed by atoms with Crippen LogP contribution in [-0.4, -0.2) is 35.8 Å². The Kier molecular flexibility index (Phi) is 5.61. The van der Waals surface area contributed by atoms with E-state index in [9.17, 15) is 5.11 Å². The Morgan fingerprint density at radius 1 is 1.36 bits per heavy atom. The Bertz CT molecular complexity index is 455. The fourth-order valence-corrected chi connectivity index (χ4v) is 2.84. The number of hydrogen-bond acceptors (Lipinski definition) is 4. The highest BCUT2D eigenvalue weighted by Gasteiger charge is 2.43. The van der Waals surface area contributed by atoms with Crippen LogP contribution in [0.5, 0.6) is 0 Å². The van der Waals surface area contributed by atoms with Gasteiger partial charge in [-0.25, -0.2) is 0 Å². The van der Waals surface area contributed by atoms with E-state index in [1.165, 1.54) is 0 Å². The van der Waals surface area contributed by atoms with Gasteiger partial charge < -0.3 is 19.3 Å². The van der Waals surface area contributed by atoms with Crippen molar-refractivity contribution >= 4 is 0 Å². The average Bonchev–Trinajstić information content (AvgIpc) is 2.80. The predicted octanol–water partition coefficient (Wildman–Crippen LogP) is 3.13. The number of hydrogen-bond donors (Lipinski definition) is 1. The third kappa shape index (κ3) is 5.06. The van der Waals surface area contributed by atoms with Gasteiger partial charge in [0.1, 0.15) is 6.10 Å². The highest BCUT2D eigenvalue weighted by Crippen LogP contribution is 2.32. The molecule has 1 N–H and O–H groups in total. The molecular formula is C18H28O4. The molecule has 3 atom stereocenters. The Balaban J connectivity index is 1.75. The molecule has 4 nitrogen and oxygen atoms in total. The van der Waals surface area contributed by atoms with E-state index >= 15 is 0 Å². The topological polar surface area (TPSA) is 47.9 Å². The molecule has 0 spiro atoms. The third-order valence-electron chi connectivity index (χ3n) is 3.98. The molecule has 1 aromatic rings. The largest absolute Gasteiger partial charge is 0.387 e. The normalized spacial score (nSPS) is 24.9. The van der Waals surface area contributed by atoms with E-state index < -0.39 is 11.4 Å². The Morgan fingerprint density at radius 2 is 2.05 bits per heavy atom. The third-order valence-corrected chi connectivity index (χ3v) is 3.98. The second-order valence-corrected chi connectivity index (χ2v) is 6.98. The lowest BCUT2D eigenvalue weighted by molar-refractivity contribution is -0.170. The Morgan fingerprint density at radius 3 is 2.64 bits per heavy atom. The number of ether oxygens (including phenoxy) is 3. The minimum absolute atomic E-state index is 0.242. The van der Waals surface area contributed by atoms with Gasteiger partial charge in [0.15, 0.2) is 5.79 Å². The van der Waals surface area contributed by atoms with Gasteiger partial charge in [0.25, 0.3) is 0 Å². The summed E-state index contributed by atoms with van der Waals surface area (Å²) in [6.45, 7) is 9.28. The molecule has 1 heterocycles. The van der Waals surface area contributed by atoms with Crippen LogP contribution in [0.1, 0.15) is 39.7 Å². The smallest absolute Gasteiger partial charge is 0.163 e. The molecule has 1 aliphatic rings. The highest BCUT2D eigenvalue weighted by molar-refractivity contribution is 5.13. The monoisotopic (exact) mass is 308 g/mol. The molecule has 22 heavy (non-hydrogen) atoms. The van der Waals surface area contributed by atoms with Crippen molar-refractivity contribution in [2.75, 3.05) is 13.2 Å². The van der Waals surface area contributed by atoms with Crippen molar-refractivity contribution in [2.45, 2.75) is 58.2 Å². The predicted molar refractivity (Wildman–Crippen MR) is 85.4 cm³/mol. The quantitative estimate of drug-likeness (QED) is 0.840. The molecule has 0 radical (unpaired) electrons. The van der Waals surface area contributed by atoms with Crippen molar-refractivity contribution < 1.29 is 19.3 Å². The highest BCUT2D eigenvalue weighted by atomic mass is 16.7. The zero-order valence-electron chi connectivity index (χ0n) is 14.0. The van der Waals surface area contributed by atoms with E-state index in [-0.39, 0.29) is 12.0 Å². The molecule has 124 valence electrons.